The van der Waals surface area contributed by atoms with Crippen molar-refractivity contribution in [1.29, 1.82) is 0 Å². The topological polar surface area (TPSA) is 46.9 Å². The van der Waals surface area contributed by atoms with Crippen LogP contribution in [0.4, 0.5) is 22.7 Å². The minimum Gasteiger partial charge on any atom is -0.506 e. The zero-order valence-electron chi connectivity index (χ0n) is 19.9. The number of rotatable bonds is 6. The van der Waals surface area contributed by atoms with Crippen LogP contribution in [-0.4, -0.2) is 10.2 Å². The van der Waals surface area contributed by atoms with E-state index in [0.717, 1.165) is 32.9 Å². The van der Waals surface area contributed by atoms with Gasteiger partial charge in [0, 0.05) is 10.8 Å². The Hall–Kier alpha value is -4.61. The average molecular weight is 501 g/mol. The summed E-state index contributed by atoms with van der Waals surface area (Å²) in [6, 6.07) is 43.3. The van der Waals surface area contributed by atoms with E-state index in [1.54, 1.807) is 12.1 Å². The Morgan fingerprint density at radius 2 is 0.784 bits per heavy atom. The normalized spacial score (nSPS) is 11.0. The molecule has 0 saturated heterocycles. The minimum absolute atomic E-state index is 0.171. The zero-order chi connectivity index (χ0) is 25.2. The van der Waals surface area contributed by atoms with Crippen molar-refractivity contribution in [2.45, 2.75) is 0 Å². The Morgan fingerprint density at radius 3 is 1.22 bits per heavy atom. The van der Waals surface area contributed by atoms with E-state index < -0.39 is 0 Å². The summed E-state index contributed by atoms with van der Waals surface area (Å²) in [6.45, 7) is 0. The van der Waals surface area contributed by atoms with Crippen molar-refractivity contribution in [1.82, 2.24) is 0 Å². The van der Waals surface area contributed by atoms with Gasteiger partial charge in [-0.05, 0) is 47.2 Å². The van der Waals surface area contributed by atoms with E-state index in [1.165, 1.54) is 12.1 Å². The molecule has 0 spiro atoms. The quantitative estimate of drug-likeness (QED) is 0.224. The number of phenolic OH excluding ortho intramolecular Hbond substituents is 2. The summed E-state index contributed by atoms with van der Waals surface area (Å²) in [4.78, 5) is 0. The summed E-state index contributed by atoms with van der Waals surface area (Å²) >= 11 is 1.41. The average Bonchev–Trinajstić information content (AvgIpc) is 2.96. The maximum absolute atomic E-state index is 11.2. The molecule has 0 radical (unpaired) electrons. The van der Waals surface area contributed by atoms with Crippen molar-refractivity contribution >= 4 is 56.4 Å². The second kappa shape index (κ2) is 9.80. The van der Waals surface area contributed by atoms with Crippen LogP contribution < -0.4 is 8.61 Å². The van der Waals surface area contributed by atoms with Gasteiger partial charge in [-0.3, -0.25) is 8.61 Å². The van der Waals surface area contributed by atoms with Crippen molar-refractivity contribution in [2.75, 3.05) is 8.61 Å². The van der Waals surface area contributed by atoms with Crippen LogP contribution in [0.1, 0.15) is 0 Å². The van der Waals surface area contributed by atoms with Crippen LogP contribution in [0.25, 0.3) is 21.5 Å². The number of fused-ring (bicyclic) bond motifs is 2. The number of nitrogens with zero attached hydrogens (tertiary/aromatic N) is 2. The predicted octanol–water partition coefficient (Wildman–Crippen LogP) is 8.94. The van der Waals surface area contributed by atoms with E-state index in [-0.39, 0.29) is 11.5 Å². The Kier molecular flexibility index (Phi) is 6.05. The highest BCUT2D eigenvalue weighted by Gasteiger charge is 2.25. The molecular formula is C32H24N2O2S. The molecule has 37 heavy (non-hydrogen) atoms. The maximum Gasteiger partial charge on any atom is 0.140 e. The molecule has 180 valence electrons. The maximum atomic E-state index is 11.2. The molecule has 0 fully saturated rings. The lowest BCUT2D eigenvalue weighted by Crippen LogP contribution is -2.19. The Bertz CT molecular complexity index is 1560. The first-order valence-corrected chi connectivity index (χ1v) is 12.7. The van der Waals surface area contributed by atoms with E-state index in [2.05, 4.69) is 0 Å². The van der Waals surface area contributed by atoms with Crippen LogP contribution in [0.5, 0.6) is 11.5 Å². The van der Waals surface area contributed by atoms with Crippen molar-refractivity contribution in [3.05, 3.63) is 133 Å². The molecule has 6 rings (SSSR count). The monoisotopic (exact) mass is 500 g/mol. The summed E-state index contributed by atoms with van der Waals surface area (Å²) in [5.74, 6) is 0.343. The van der Waals surface area contributed by atoms with Crippen LogP contribution in [0, 0.1) is 0 Å². The fraction of sp³-hybridized carbons (Fsp3) is 0. The Morgan fingerprint density at radius 1 is 0.405 bits per heavy atom. The summed E-state index contributed by atoms with van der Waals surface area (Å²) in [5.41, 5.74) is 3.13. The molecule has 0 aliphatic carbocycles. The lowest BCUT2D eigenvalue weighted by atomic mass is 10.1. The first-order chi connectivity index (χ1) is 18.2. The fourth-order valence-corrected chi connectivity index (χ4v) is 5.70. The van der Waals surface area contributed by atoms with Gasteiger partial charge in [0.1, 0.15) is 22.9 Å². The summed E-state index contributed by atoms with van der Waals surface area (Å²) in [5, 5.41) is 26.3. The third kappa shape index (κ3) is 4.30. The lowest BCUT2D eigenvalue weighted by molar-refractivity contribution is 0.477. The predicted molar refractivity (Wildman–Crippen MR) is 156 cm³/mol. The summed E-state index contributed by atoms with van der Waals surface area (Å²) in [7, 11) is 0. The molecule has 0 bridgehead atoms. The molecule has 0 heterocycles. The number of para-hydroxylation sites is 2. The molecule has 0 unspecified atom stereocenters. The summed E-state index contributed by atoms with van der Waals surface area (Å²) in [6.07, 6.45) is 0. The van der Waals surface area contributed by atoms with Gasteiger partial charge in [0.25, 0.3) is 0 Å². The van der Waals surface area contributed by atoms with Crippen LogP contribution >= 0.6 is 12.1 Å². The van der Waals surface area contributed by atoms with Gasteiger partial charge in [0.15, 0.2) is 0 Å². The third-order valence-electron chi connectivity index (χ3n) is 6.31. The minimum atomic E-state index is 0.171. The van der Waals surface area contributed by atoms with Gasteiger partial charge in [-0.15, -0.1) is 0 Å². The Labute approximate surface area is 219 Å². The Balaban J connectivity index is 1.61. The highest BCUT2D eigenvalue weighted by Crippen LogP contribution is 2.50. The molecule has 0 aromatic heterocycles. The molecule has 5 heteroatoms. The highest BCUT2D eigenvalue weighted by molar-refractivity contribution is 8.02. The van der Waals surface area contributed by atoms with E-state index in [1.807, 2.05) is 130 Å². The molecule has 0 aliphatic heterocycles. The molecule has 0 saturated carbocycles. The molecule has 6 aromatic carbocycles. The molecule has 4 nitrogen and oxygen atoms in total. The van der Waals surface area contributed by atoms with Gasteiger partial charge < -0.3 is 10.2 Å². The van der Waals surface area contributed by atoms with E-state index in [9.17, 15) is 10.2 Å². The van der Waals surface area contributed by atoms with Crippen molar-refractivity contribution < 1.29 is 10.2 Å². The van der Waals surface area contributed by atoms with Crippen molar-refractivity contribution in [3.8, 4) is 11.5 Å². The van der Waals surface area contributed by atoms with E-state index in [4.69, 9.17) is 0 Å². The number of benzene rings is 6. The zero-order valence-corrected chi connectivity index (χ0v) is 20.7. The third-order valence-corrected chi connectivity index (χ3v) is 7.42. The number of phenols is 2. The first-order valence-electron chi connectivity index (χ1n) is 12.0. The molecule has 0 atom stereocenters. The molecular weight excluding hydrogens is 476 g/mol. The number of hydrogen-bond donors (Lipinski definition) is 2. The van der Waals surface area contributed by atoms with Crippen molar-refractivity contribution in [3.63, 3.8) is 0 Å². The molecule has 0 aliphatic rings. The lowest BCUT2D eigenvalue weighted by Gasteiger charge is -2.33. The van der Waals surface area contributed by atoms with Gasteiger partial charge in [-0.1, -0.05) is 97.1 Å². The number of hydrogen-bond acceptors (Lipinski definition) is 5. The van der Waals surface area contributed by atoms with Crippen molar-refractivity contribution in [2.24, 2.45) is 0 Å². The van der Waals surface area contributed by atoms with Gasteiger partial charge in [-0.2, -0.15) is 0 Å². The number of aromatic hydroxyl groups is 2. The standard InChI is InChI=1S/C32H24N2O2S/c35-29-21-19-23-11-7-9-17-27(23)31(29)33(25-13-3-1-4-14-25)37-34(26-15-5-2-6-16-26)32-28-18-10-8-12-24(28)20-22-30(32)36/h1-22,35-36H. The van der Waals surface area contributed by atoms with Crippen LogP contribution in [-0.2, 0) is 0 Å². The summed E-state index contributed by atoms with van der Waals surface area (Å²) < 4.78 is 4.04. The molecule has 2 N–H and O–H groups in total. The van der Waals surface area contributed by atoms with E-state index >= 15 is 0 Å². The fourth-order valence-electron chi connectivity index (χ4n) is 4.56. The highest BCUT2D eigenvalue weighted by atomic mass is 32.2. The SMILES string of the molecule is Oc1ccc2ccccc2c1N(SN(c1ccccc1)c1c(O)ccc2ccccc12)c1ccccc1. The van der Waals surface area contributed by atoms with Crippen LogP contribution in [0.15, 0.2) is 133 Å². The van der Waals surface area contributed by atoms with Gasteiger partial charge in [0.2, 0.25) is 0 Å². The van der Waals surface area contributed by atoms with Gasteiger partial charge in [0.05, 0.1) is 23.5 Å². The molecule has 6 aromatic rings. The second-order valence-corrected chi connectivity index (χ2v) is 9.54. The van der Waals surface area contributed by atoms with Gasteiger partial charge in [-0.25, -0.2) is 0 Å². The number of anilines is 4. The van der Waals surface area contributed by atoms with Gasteiger partial charge >= 0.3 is 0 Å². The second-order valence-electron chi connectivity index (χ2n) is 8.65. The van der Waals surface area contributed by atoms with Crippen LogP contribution in [0.3, 0.4) is 0 Å². The smallest absolute Gasteiger partial charge is 0.140 e. The molecule has 0 amide bonds. The largest absolute Gasteiger partial charge is 0.506 e. The van der Waals surface area contributed by atoms with Crippen LogP contribution in [0.2, 0.25) is 0 Å². The van der Waals surface area contributed by atoms with E-state index in [0.29, 0.717) is 11.4 Å². The first kappa shape index (κ1) is 22.8.